The number of hydrogen-bond donors (Lipinski definition) is 2. The molecule has 60 valence electrons. The van der Waals surface area contributed by atoms with Gasteiger partial charge in [-0.15, -0.1) is 0 Å². The number of aryl methyl sites for hydroxylation is 1. The summed E-state index contributed by atoms with van der Waals surface area (Å²) in [4.78, 5) is 12.1. The molecule has 0 spiro atoms. The van der Waals surface area contributed by atoms with Gasteiger partial charge in [-0.05, 0) is 11.8 Å². The summed E-state index contributed by atoms with van der Waals surface area (Å²) in [6.07, 6.45) is 0. The maximum atomic E-state index is 10.2. The van der Waals surface area contributed by atoms with Crippen LogP contribution in [0.2, 0.25) is 0 Å². The molecule has 1 heterocycles. The Labute approximate surface area is 62.8 Å². The van der Waals surface area contributed by atoms with Crippen LogP contribution in [0.15, 0.2) is 6.07 Å². The number of nitro groups is 1. The van der Waals surface area contributed by atoms with Gasteiger partial charge in [-0.3, -0.25) is 0 Å². The average Bonchev–Trinajstić information content (AvgIpc) is 2.31. The van der Waals surface area contributed by atoms with Crippen molar-refractivity contribution in [2.75, 3.05) is 0 Å². The van der Waals surface area contributed by atoms with E-state index in [2.05, 4.69) is 4.98 Å². The fraction of sp³-hybridized carbons (Fsp3) is 0.333. The zero-order chi connectivity index (χ0) is 8.43. The molecule has 0 aliphatic rings. The van der Waals surface area contributed by atoms with Gasteiger partial charge in [0.25, 0.3) is 0 Å². The van der Waals surface area contributed by atoms with Crippen LogP contribution in [0.5, 0.6) is 0 Å². The summed E-state index contributed by atoms with van der Waals surface area (Å²) in [6, 6.07) is 1.39. The maximum absolute atomic E-state index is 10.2. The van der Waals surface area contributed by atoms with Crippen LogP contribution in [0.25, 0.3) is 0 Å². The summed E-state index contributed by atoms with van der Waals surface area (Å²) in [6.45, 7) is 1.51. The van der Waals surface area contributed by atoms with E-state index in [-0.39, 0.29) is 12.4 Å². The molecule has 0 fully saturated rings. The van der Waals surface area contributed by atoms with Crippen molar-refractivity contribution < 1.29 is 10.0 Å². The highest BCUT2D eigenvalue weighted by Gasteiger charge is 2.11. The van der Waals surface area contributed by atoms with Gasteiger partial charge >= 0.3 is 5.82 Å². The Morgan fingerprint density at radius 1 is 1.82 bits per heavy atom. The first-order chi connectivity index (χ1) is 5.15. The van der Waals surface area contributed by atoms with Crippen molar-refractivity contribution in [2.45, 2.75) is 13.5 Å². The Balaban J connectivity index is 3.05. The van der Waals surface area contributed by atoms with Crippen LogP contribution in [0.4, 0.5) is 5.82 Å². The van der Waals surface area contributed by atoms with E-state index in [9.17, 15) is 10.1 Å². The minimum Gasteiger partial charge on any atom is -0.388 e. The second kappa shape index (κ2) is 2.71. The topological polar surface area (TPSA) is 79.2 Å². The third-order valence-corrected chi connectivity index (χ3v) is 1.46. The maximum Gasteiger partial charge on any atom is 0.321 e. The number of aromatic nitrogens is 1. The normalized spacial score (nSPS) is 10.0. The molecule has 0 atom stereocenters. The molecule has 0 aliphatic carbocycles. The molecule has 0 saturated carbocycles. The molecule has 0 aliphatic heterocycles. The standard InChI is InChI=1S/C6H8N2O3/c1-4-2-6(8(10)11)7-5(4)3-9/h2,7,9H,3H2,1H3. The van der Waals surface area contributed by atoms with Gasteiger partial charge in [0.05, 0.1) is 0 Å². The number of rotatable bonds is 2. The minimum atomic E-state index is -0.522. The highest BCUT2D eigenvalue weighted by molar-refractivity contribution is 5.32. The monoisotopic (exact) mass is 156 g/mol. The zero-order valence-electron chi connectivity index (χ0n) is 6.00. The summed E-state index contributed by atoms with van der Waals surface area (Å²) in [5, 5.41) is 18.8. The number of hydrogen-bond acceptors (Lipinski definition) is 3. The number of nitrogens with one attached hydrogen (secondary N) is 1. The van der Waals surface area contributed by atoms with E-state index >= 15 is 0 Å². The highest BCUT2D eigenvalue weighted by atomic mass is 16.6. The van der Waals surface area contributed by atoms with Crippen LogP contribution in [-0.2, 0) is 6.61 Å². The molecule has 5 heteroatoms. The molecule has 2 N–H and O–H groups in total. The van der Waals surface area contributed by atoms with Crippen molar-refractivity contribution >= 4 is 5.82 Å². The molecular weight excluding hydrogens is 148 g/mol. The fourth-order valence-corrected chi connectivity index (χ4v) is 0.844. The van der Waals surface area contributed by atoms with E-state index in [1.807, 2.05) is 0 Å². The fourth-order valence-electron chi connectivity index (χ4n) is 0.844. The number of nitrogens with zero attached hydrogens (tertiary/aromatic N) is 1. The Hall–Kier alpha value is -1.36. The first-order valence-corrected chi connectivity index (χ1v) is 3.09. The summed E-state index contributed by atoms with van der Waals surface area (Å²) < 4.78 is 0. The largest absolute Gasteiger partial charge is 0.388 e. The lowest BCUT2D eigenvalue weighted by Gasteiger charge is -1.86. The lowest BCUT2D eigenvalue weighted by Crippen LogP contribution is -1.89. The van der Waals surface area contributed by atoms with Crippen LogP contribution < -0.4 is 0 Å². The van der Waals surface area contributed by atoms with Gasteiger partial charge in [0.15, 0.2) is 0 Å². The molecule has 1 rings (SSSR count). The first-order valence-electron chi connectivity index (χ1n) is 3.09. The van der Waals surface area contributed by atoms with Crippen LogP contribution in [0.1, 0.15) is 11.3 Å². The van der Waals surface area contributed by atoms with Crippen LogP contribution in [0.3, 0.4) is 0 Å². The van der Waals surface area contributed by atoms with Gasteiger partial charge in [-0.2, -0.15) is 0 Å². The van der Waals surface area contributed by atoms with Crippen molar-refractivity contribution in [3.8, 4) is 0 Å². The smallest absolute Gasteiger partial charge is 0.321 e. The second-order valence-corrected chi connectivity index (χ2v) is 2.23. The van der Waals surface area contributed by atoms with Crippen molar-refractivity contribution in [1.29, 1.82) is 0 Å². The van der Waals surface area contributed by atoms with Crippen molar-refractivity contribution in [3.63, 3.8) is 0 Å². The van der Waals surface area contributed by atoms with E-state index in [4.69, 9.17) is 5.11 Å². The lowest BCUT2D eigenvalue weighted by atomic mass is 10.3. The van der Waals surface area contributed by atoms with Gasteiger partial charge in [0, 0.05) is 11.6 Å². The highest BCUT2D eigenvalue weighted by Crippen LogP contribution is 2.15. The third-order valence-electron chi connectivity index (χ3n) is 1.46. The van der Waals surface area contributed by atoms with Crippen LogP contribution in [0, 0.1) is 17.0 Å². The average molecular weight is 156 g/mol. The quantitative estimate of drug-likeness (QED) is 0.489. The molecule has 5 nitrogen and oxygen atoms in total. The Bertz CT molecular complexity index is 279. The van der Waals surface area contributed by atoms with Crippen molar-refractivity contribution in [3.05, 3.63) is 27.4 Å². The van der Waals surface area contributed by atoms with Gasteiger partial charge < -0.3 is 15.2 Å². The van der Waals surface area contributed by atoms with Crippen molar-refractivity contribution in [2.24, 2.45) is 0 Å². The molecule has 0 aromatic carbocycles. The first kappa shape index (κ1) is 7.74. The molecule has 0 amide bonds. The Morgan fingerprint density at radius 2 is 2.45 bits per heavy atom. The second-order valence-electron chi connectivity index (χ2n) is 2.23. The summed E-state index contributed by atoms with van der Waals surface area (Å²) in [7, 11) is 0. The number of aliphatic hydroxyl groups excluding tert-OH is 1. The molecule has 1 aromatic rings. The number of H-pyrrole nitrogens is 1. The number of aliphatic hydroxyl groups is 1. The van der Waals surface area contributed by atoms with Gasteiger partial charge in [0.1, 0.15) is 12.3 Å². The predicted molar refractivity (Wildman–Crippen MR) is 38.1 cm³/mol. The Kier molecular flexibility index (Phi) is 1.91. The molecule has 0 saturated heterocycles. The number of aromatic amines is 1. The van der Waals surface area contributed by atoms with Crippen LogP contribution >= 0.6 is 0 Å². The SMILES string of the molecule is Cc1cc([N+](=O)[O-])[nH]c1CO. The summed E-state index contributed by atoms with van der Waals surface area (Å²) in [5.74, 6) is -0.0773. The molecule has 0 unspecified atom stereocenters. The third kappa shape index (κ3) is 1.38. The van der Waals surface area contributed by atoms with Crippen molar-refractivity contribution in [1.82, 2.24) is 4.98 Å². The summed E-state index contributed by atoms with van der Waals surface area (Å²) >= 11 is 0. The minimum absolute atomic E-state index is 0.0773. The zero-order valence-corrected chi connectivity index (χ0v) is 6.00. The van der Waals surface area contributed by atoms with E-state index in [1.165, 1.54) is 6.07 Å². The van der Waals surface area contributed by atoms with E-state index in [0.717, 1.165) is 0 Å². The lowest BCUT2D eigenvalue weighted by molar-refractivity contribution is -0.389. The predicted octanol–water partition coefficient (Wildman–Crippen LogP) is 0.724. The van der Waals surface area contributed by atoms with Gasteiger partial charge in [-0.1, -0.05) is 0 Å². The van der Waals surface area contributed by atoms with Crippen LogP contribution in [-0.4, -0.2) is 15.0 Å². The molecule has 0 radical (unpaired) electrons. The summed E-state index contributed by atoms with van der Waals surface area (Å²) in [5.41, 5.74) is 1.20. The van der Waals surface area contributed by atoms with Gasteiger partial charge in [0.2, 0.25) is 0 Å². The van der Waals surface area contributed by atoms with E-state index < -0.39 is 4.92 Å². The van der Waals surface area contributed by atoms with E-state index in [0.29, 0.717) is 11.3 Å². The molecule has 1 aromatic heterocycles. The van der Waals surface area contributed by atoms with Gasteiger partial charge in [-0.25, -0.2) is 4.98 Å². The Morgan fingerprint density at radius 3 is 2.73 bits per heavy atom. The molecule has 11 heavy (non-hydrogen) atoms. The molecular formula is C6H8N2O3. The molecule has 0 bridgehead atoms. The van der Waals surface area contributed by atoms with E-state index in [1.54, 1.807) is 6.92 Å².